The van der Waals surface area contributed by atoms with E-state index in [-0.39, 0.29) is 0 Å². The fourth-order valence-electron chi connectivity index (χ4n) is 1.76. The zero-order chi connectivity index (χ0) is 13.1. The maximum atomic E-state index is 5.01. The summed E-state index contributed by atoms with van der Waals surface area (Å²) >= 11 is 0. The normalized spacial score (nSPS) is 10.6. The van der Waals surface area contributed by atoms with Gasteiger partial charge in [-0.3, -0.25) is 0 Å². The number of hydrogen-bond acceptors (Lipinski definition) is 5. The Morgan fingerprint density at radius 2 is 1.89 bits per heavy atom. The van der Waals surface area contributed by atoms with Crippen LogP contribution in [0.5, 0.6) is 0 Å². The number of hydrogen-bond donors (Lipinski definition) is 1. The second kappa shape index (κ2) is 4.93. The van der Waals surface area contributed by atoms with Crippen molar-refractivity contribution in [2.75, 3.05) is 5.32 Å². The zero-order valence-electron chi connectivity index (χ0n) is 10.4. The van der Waals surface area contributed by atoms with Gasteiger partial charge in [0.15, 0.2) is 0 Å². The molecule has 0 saturated carbocycles. The fourth-order valence-corrected chi connectivity index (χ4v) is 1.76. The minimum absolute atomic E-state index is 0.636. The van der Waals surface area contributed by atoms with Crippen LogP contribution in [0.3, 0.4) is 0 Å². The summed E-state index contributed by atoms with van der Waals surface area (Å²) in [7, 11) is 0. The molecule has 0 unspecified atom stereocenters. The van der Waals surface area contributed by atoms with Crippen LogP contribution >= 0.6 is 0 Å². The minimum Gasteiger partial charge on any atom is -0.379 e. The quantitative estimate of drug-likeness (QED) is 0.773. The van der Waals surface area contributed by atoms with Gasteiger partial charge >= 0.3 is 0 Å². The Morgan fingerprint density at radius 3 is 2.53 bits per heavy atom. The summed E-state index contributed by atoms with van der Waals surface area (Å²) in [5, 5.41) is 15.4. The van der Waals surface area contributed by atoms with Crippen LogP contribution in [0.4, 0.5) is 5.69 Å². The first-order chi connectivity index (χ1) is 9.31. The van der Waals surface area contributed by atoms with E-state index in [0.717, 1.165) is 22.8 Å². The highest BCUT2D eigenvalue weighted by molar-refractivity contribution is 5.48. The average molecular weight is 255 g/mol. The van der Waals surface area contributed by atoms with Gasteiger partial charge in [0.25, 0.3) is 0 Å². The van der Waals surface area contributed by atoms with Crippen molar-refractivity contribution < 1.29 is 4.52 Å². The lowest BCUT2D eigenvalue weighted by Crippen LogP contribution is -2.01. The van der Waals surface area contributed by atoms with Gasteiger partial charge in [-0.25, -0.2) is 0 Å². The van der Waals surface area contributed by atoms with E-state index in [0.29, 0.717) is 6.54 Å². The number of aromatic nitrogens is 4. The Morgan fingerprint density at radius 1 is 1.16 bits per heavy atom. The lowest BCUT2D eigenvalue weighted by atomic mass is 10.2. The summed E-state index contributed by atoms with van der Waals surface area (Å²) in [4.78, 5) is 1.57. The highest BCUT2D eigenvalue weighted by atomic mass is 16.5. The molecule has 6 heteroatoms. The Labute approximate surface area is 110 Å². The molecule has 1 aromatic carbocycles. The summed E-state index contributed by atoms with van der Waals surface area (Å²) in [5.41, 5.74) is 2.82. The maximum absolute atomic E-state index is 5.01. The Kier molecular flexibility index (Phi) is 2.97. The summed E-state index contributed by atoms with van der Waals surface area (Å²) in [6.45, 7) is 2.51. The number of nitrogens with one attached hydrogen (secondary N) is 1. The van der Waals surface area contributed by atoms with Crippen molar-refractivity contribution in [1.82, 2.24) is 20.2 Å². The van der Waals surface area contributed by atoms with Crippen molar-refractivity contribution in [2.24, 2.45) is 0 Å². The van der Waals surface area contributed by atoms with Crippen LogP contribution in [0, 0.1) is 6.92 Å². The largest absolute Gasteiger partial charge is 0.379 e. The SMILES string of the molecule is Cc1cc(CNc2ccc(-n3nccn3)cc2)no1. The zero-order valence-corrected chi connectivity index (χ0v) is 10.4. The molecule has 6 nitrogen and oxygen atoms in total. The van der Waals surface area contributed by atoms with Gasteiger partial charge in [-0.2, -0.15) is 15.0 Å². The monoisotopic (exact) mass is 255 g/mol. The van der Waals surface area contributed by atoms with Crippen LogP contribution in [0.15, 0.2) is 47.2 Å². The van der Waals surface area contributed by atoms with Gasteiger partial charge in [-0.15, -0.1) is 0 Å². The third-order valence-corrected chi connectivity index (χ3v) is 2.67. The van der Waals surface area contributed by atoms with Gasteiger partial charge in [-0.1, -0.05) is 5.16 Å². The molecule has 0 atom stereocenters. The first kappa shape index (κ1) is 11.5. The van der Waals surface area contributed by atoms with E-state index in [1.54, 1.807) is 17.2 Å². The van der Waals surface area contributed by atoms with Gasteiger partial charge < -0.3 is 9.84 Å². The highest BCUT2D eigenvalue weighted by Crippen LogP contribution is 2.13. The Bertz CT molecular complexity index is 642. The molecule has 0 aliphatic heterocycles. The number of anilines is 1. The van der Waals surface area contributed by atoms with Gasteiger partial charge in [0.1, 0.15) is 11.5 Å². The van der Waals surface area contributed by atoms with Crippen LogP contribution in [-0.2, 0) is 6.54 Å². The van der Waals surface area contributed by atoms with Gasteiger partial charge in [0.2, 0.25) is 0 Å². The molecule has 1 N–H and O–H groups in total. The van der Waals surface area contributed by atoms with E-state index >= 15 is 0 Å². The Balaban J connectivity index is 1.66. The molecular formula is C13H13N5O. The van der Waals surface area contributed by atoms with Gasteiger partial charge in [0, 0.05) is 11.8 Å². The second-order valence-electron chi connectivity index (χ2n) is 4.15. The Hall–Kier alpha value is -2.63. The first-order valence-electron chi connectivity index (χ1n) is 5.94. The van der Waals surface area contributed by atoms with Crippen LogP contribution in [0.1, 0.15) is 11.5 Å². The molecular weight excluding hydrogens is 242 g/mol. The van der Waals surface area contributed by atoms with Crippen LogP contribution < -0.4 is 5.32 Å². The molecule has 0 saturated heterocycles. The molecule has 3 aromatic rings. The topological polar surface area (TPSA) is 68.8 Å². The maximum Gasteiger partial charge on any atom is 0.133 e. The fraction of sp³-hybridized carbons (Fsp3) is 0.154. The van der Waals surface area contributed by atoms with E-state index in [9.17, 15) is 0 Å². The standard InChI is InChI=1S/C13H13N5O/c1-10-8-12(17-19-10)9-14-11-2-4-13(5-3-11)18-15-6-7-16-18/h2-8,14H,9H2,1H3. The van der Waals surface area contributed by atoms with E-state index < -0.39 is 0 Å². The first-order valence-corrected chi connectivity index (χ1v) is 5.94. The van der Waals surface area contributed by atoms with Crippen LogP contribution in [-0.4, -0.2) is 20.2 Å². The molecule has 0 aliphatic rings. The molecule has 0 amide bonds. The predicted molar refractivity (Wildman–Crippen MR) is 69.9 cm³/mol. The average Bonchev–Trinajstić information content (AvgIpc) is 3.08. The molecule has 19 heavy (non-hydrogen) atoms. The molecule has 2 heterocycles. The molecule has 0 spiro atoms. The second-order valence-corrected chi connectivity index (χ2v) is 4.15. The highest BCUT2D eigenvalue weighted by Gasteiger charge is 2.01. The third-order valence-electron chi connectivity index (χ3n) is 2.67. The third kappa shape index (κ3) is 2.62. The van der Waals surface area contributed by atoms with Crippen molar-refractivity contribution in [3.05, 3.63) is 54.2 Å². The molecule has 96 valence electrons. The molecule has 0 fully saturated rings. The van der Waals surface area contributed by atoms with Crippen molar-refractivity contribution in [3.8, 4) is 5.69 Å². The van der Waals surface area contributed by atoms with Crippen molar-refractivity contribution >= 4 is 5.69 Å². The summed E-state index contributed by atoms with van der Waals surface area (Å²) in [6, 6.07) is 9.78. The van der Waals surface area contributed by atoms with Crippen molar-refractivity contribution in [2.45, 2.75) is 13.5 Å². The molecule has 0 bridgehead atoms. The lowest BCUT2D eigenvalue weighted by Gasteiger charge is -2.05. The lowest BCUT2D eigenvalue weighted by molar-refractivity contribution is 0.391. The molecule has 2 aromatic heterocycles. The van der Waals surface area contributed by atoms with E-state index in [1.807, 2.05) is 37.3 Å². The molecule has 0 aliphatic carbocycles. The van der Waals surface area contributed by atoms with E-state index in [2.05, 4.69) is 20.7 Å². The molecule has 3 rings (SSSR count). The number of rotatable bonds is 4. The summed E-state index contributed by atoms with van der Waals surface area (Å²) in [5.74, 6) is 0.817. The smallest absolute Gasteiger partial charge is 0.133 e. The van der Waals surface area contributed by atoms with Crippen LogP contribution in [0.25, 0.3) is 5.69 Å². The minimum atomic E-state index is 0.636. The van der Waals surface area contributed by atoms with Gasteiger partial charge in [-0.05, 0) is 31.2 Å². The van der Waals surface area contributed by atoms with E-state index in [1.165, 1.54) is 0 Å². The number of aryl methyl sites for hydroxylation is 1. The van der Waals surface area contributed by atoms with Crippen LogP contribution in [0.2, 0.25) is 0 Å². The van der Waals surface area contributed by atoms with Crippen molar-refractivity contribution in [3.63, 3.8) is 0 Å². The van der Waals surface area contributed by atoms with Gasteiger partial charge in [0.05, 0.1) is 24.6 Å². The summed E-state index contributed by atoms with van der Waals surface area (Å²) in [6.07, 6.45) is 3.30. The number of benzene rings is 1. The number of nitrogens with zero attached hydrogens (tertiary/aromatic N) is 4. The predicted octanol–water partition coefficient (Wildman–Crippen LogP) is 2.18. The van der Waals surface area contributed by atoms with E-state index in [4.69, 9.17) is 4.52 Å². The van der Waals surface area contributed by atoms with Crippen molar-refractivity contribution in [1.29, 1.82) is 0 Å². The molecule has 0 radical (unpaired) electrons. The summed E-state index contributed by atoms with van der Waals surface area (Å²) < 4.78 is 5.01.